The first-order valence-corrected chi connectivity index (χ1v) is 5.63. The normalized spacial score (nSPS) is 10.5. The van der Waals surface area contributed by atoms with Crippen LogP contribution in [0.4, 0.5) is 0 Å². The number of rotatable bonds is 6. The van der Waals surface area contributed by atoms with Crippen LogP contribution in [0.1, 0.15) is 31.1 Å². The SMILES string of the molecule is CCOc1ccccc1C(=O)CNC(C)C. The number of ketones is 1. The Kier molecular flexibility index (Phi) is 4.99. The first-order chi connectivity index (χ1) is 7.65. The van der Waals surface area contributed by atoms with E-state index in [4.69, 9.17) is 4.74 Å². The molecular formula is C13H19NO2. The number of carbonyl (C=O) groups excluding carboxylic acids is 1. The molecule has 0 aromatic heterocycles. The van der Waals surface area contributed by atoms with Gasteiger partial charge in [-0.2, -0.15) is 0 Å². The summed E-state index contributed by atoms with van der Waals surface area (Å²) in [4.78, 5) is 11.9. The van der Waals surface area contributed by atoms with Gasteiger partial charge < -0.3 is 10.1 Å². The molecular weight excluding hydrogens is 202 g/mol. The predicted molar refractivity (Wildman–Crippen MR) is 65.1 cm³/mol. The lowest BCUT2D eigenvalue weighted by atomic mass is 10.1. The highest BCUT2D eigenvalue weighted by Crippen LogP contribution is 2.18. The van der Waals surface area contributed by atoms with Gasteiger partial charge in [-0.15, -0.1) is 0 Å². The molecule has 3 heteroatoms. The van der Waals surface area contributed by atoms with E-state index in [9.17, 15) is 4.79 Å². The number of nitrogens with one attached hydrogen (secondary N) is 1. The highest BCUT2D eigenvalue weighted by Gasteiger charge is 2.11. The zero-order chi connectivity index (χ0) is 12.0. The van der Waals surface area contributed by atoms with E-state index < -0.39 is 0 Å². The minimum Gasteiger partial charge on any atom is -0.493 e. The molecule has 0 aliphatic heterocycles. The van der Waals surface area contributed by atoms with Crippen LogP contribution < -0.4 is 10.1 Å². The van der Waals surface area contributed by atoms with Crippen molar-refractivity contribution in [2.24, 2.45) is 0 Å². The topological polar surface area (TPSA) is 38.3 Å². The maximum atomic E-state index is 11.9. The fourth-order valence-corrected chi connectivity index (χ4v) is 1.37. The predicted octanol–water partition coefficient (Wildman–Crippen LogP) is 2.27. The lowest BCUT2D eigenvalue weighted by Gasteiger charge is -2.10. The van der Waals surface area contributed by atoms with Crippen LogP contribution in [0, 0.1) is 0 Å². The van der Waals surface area contributed by atoms with E-state index in [-0.39, 0.29) is 5.78 Å². The summed E-state index contributed by atoms with van der Waals surface area (Å²) < 4.78 is 5.42. The van der Waals surface area contributed by atoms with E-state index in [0.29, 0.717) is 30.5 Å². The minimum absolute atomic E-state index is 0.0674. The smallest absolute Gasteiger partial charge is 0.180 e. The van der Waals surface area contributed by atoms with Crippen molar-refractivity contribution in [1.29, 1.82) is 0 Å². The van der Waals surface area contributed by atoms with E-state index in [0.717, 1.165) is 0 Å². The molecule has 1 N–H and O–H groups in total. The lowest BCUT2D eigenvalue weighted by molar-refractivity contribution is 0.0985. The van der Waals surface area contributed by atoms with Gasteiger partial charge in [0.25, 0.3) is 0 Å². The molecule has 0 aliphatic carbocycles. The Labute approximate surface area is 96.8 Å². The first kappa shape index (κ1) is 12.7. The van der Waals surface area contributed by atoms with Crippen molar-refractivity contribution in [3.8, 4) is 5.75 Å². The molecule has 0 aliphatic rings. The fourth-order valence-electron chi connectivity index (χ4n) is 1.37. The Morgan fingerprint density at radius 1 is 1.38 bits per heavy atom. The largest absolute Gasteiger partial charge is 0.493 e. The van der Waals surface area contributed by atoms with Crippen LogP contribution in [0.25, 0.3) is 0 Å². The Balaban J connectivity index is 2.73. The molecule has 0 radical (unpaired) electrons. The summed E-state index contributed by atoms with van der Waals surface area (Å²) in [5, 5.41) is 3.11. The van der Waals surface area contributed by atoms with E-state index >= 15 is 0 Å². The zero-order valence-corrected chi connectivity index (χ0v) is 10.1. The molecule has 0 atom stereocenters. The molecule has 1 aromatic carbocycles. The van der Waals surface area contributed by atoms with Crippen molar-refractivity contribution in [1.82, 2.24) is 5.32 Å². The summed E-state index contributed by atoms with van der Waals surface area (Å²) >= 11 is 0. The Bertz CT molecular complexity index is 348. The summed E-state index contributed by atoms with van der Waals surface area (Å²) in [6.45, 7) is 6.86. The summed E-state index contributed by atoms with van der Waals surface area (Å²) in [7, 11) is 0. The second-order valence-electron chi connectivity index (χ2n) is 3.89. The van der Waals surface area contributed by atoms with Crippen LogP contribution in [0.3, 0.4) is 0 Å². The van der Waals surface area contributed by atoms with Gasteiger partial charge in [-0.3, -0.25) is 4.79 Å². The van der Waals surface area contributed by atoms with Gasteiger partial charge in [0.05, 0.1) is 18.7 Å². The quantitative estimate of drug-likeness (QED) is 0.749. The van der Waals surface area contributed by atoms with E-state index in [1.165, 1.54) is 0 Å². The molecule has 1 rings (SSSR count). The Morgan fingerprint density at radius 2 is 2.06 bits per heavy atom. The lowest BCUT2D eigenvalue weighted by Crippen LogP contribution is -2.29. The third kappa shape index (κ3) is 3.66. The van der Waals surface area contributed by atoms with Gasteiger partial charge in [0.1, 0.15) is 5.75 Å². The highest BCUT2D eigenvalue weighted by molar-refractivity contribution is 6.00. The molecule has 0 spiro atoms. The van der Waals surface area contributed by atoms with Gasteiger partial charge in [-0.05, 0) is 19.1 Å². The molecule has 0 amide bonds. The molecule has 0 unspecified atom stereocenters. The van der Waals surface area contributed by atoms with Crippen LogP contribution in [0.2, 0.25) is 0 Å². The summed E-state index contributed by atoms with van der Waals surface area (Å²) in [5.74, 6) is 0.735. The maximum absolute atomic E-state index is 11.9. The first-order valence-electron chi connectivity index (χ1n) is 5.63. The fraction of sp³-hybridized carbons (Fsp3) is 0.462. The standard InChI is InChI=1S/C13H19NO2/c1-4-16-13-8-6-5-7-11(13)12(15)9-14-10(2)3/h5-8,10,14H,4,9H2,1-3H3. The second-order valence-corrected chi connectivity index (χ2v) is 3.89. The molecule has 1 aromatic rings. The van der Waals surface area contributed by atoms with Crippen LogP contribution >= 0.6 is 0 Å². The van der Waals surface area contributed by atoms with Crippen LogP contribution in [0.5, 0.6) is 5.75 Å². The van der Waals surface area contributed by atoms with Crippen LogP contribution in [-0.4, -0.2) is 25.0 Å². The van der Waals surface area contributed by atoms with Crippen molar-refractivity contribution < 1.29 is 9.53 Å². The van der Waals surface area contributed by atoms with E-state index in [1.807, 2.05) is 39.0 Å². The zero-order valence-electron chi connectivity index (χ0n) is 10.1. The molecule has 0 saturated carbocycles. The molecule has 16 heavy (non-hydrogen) atoms. The Hall–Kier alpha value is -1.35. The highest BCUT2D eigenvalue weighted by atomic mass is 16.5. The van der Waals surface area contributed by atoms with Crippen molar-refractivity contribution in [2.45, 2.75) is 26.8 Å². The monoisotopic (exact) mass is 221 g/mol. The number of hydrogen-bond acceptors (Lipinski definition) is 3. The van der Waals surface area contributed by atoms with Gasteiger partial charge in [-0.25, -0.2) is 0 Å². The second kappa shape index (κ2) is 6.28. The summed E-state index contributed by atoms with van der Waals surface area (Å²) in [5.41, 5.74) is 0.650. The van der Waals surface area contributed by atoms with E-state index in [1.54, 1.807) is 6.07 Å². The Morgan fingerprint density at radius 3 is 2.69 bits per heavy atom. The minimum atomic E-state index is 0.0674. The number of para-hydroxylation sites is 1. The number of ether oxygens (including phenoxy) is 1. The van der Waals surface area contributed by atoms with Gasteiger partial charge in [0.15, 0.2) is 5.78 Å². The number of benzene rings is 1. The number of Topliss-reactive ketones (excluding diaryl/α,β-unsaturated/α-hetero) is 1. The van der Waals surface area contributed by atoms with Crippen molar-refractivity contribution in [2.75, 3.05) is 13.2 Å². The van der Waals surface area contributed by atoms with Gasteiger partial charge in [0.2, 0.25) is 0 Å². The average molecular weight is 221 g/mol. The van der Waals surface area contributed by atoms with E-state index in [2.05, 4.69) is 5.32 Å². The van der Waals surface area contributed by atoms with Crippen molar-refractivity contribution >= 4 is 5.78 Å². The molecule has 0 bridgehead atoms. The van der Waals surface area contributed by atoms with Crippen molar-refractivity contribution in [3.05, 3.63) is 29.8 Å². The number of carbonyl (C=O) groups is 1. The van der Waals surface area contributed by atoms with Gasteiger partial charge in [0, 0.05) is 6.04 Å². The third-order valence-electron chi connectivity index (χ3n) is 2.16. The molecule has 0 saturated heterocycles. The van der Waals surface area contributed by atoms with Gasteiger partial charge >= 0.3 is 0 Å². The van der Waals surface area contributed by atoms with Crippen molar-refractivity contribution in [3.63, 3.8) is 0 Å². The van der Waals surface area contributed by atoms with Crippen LogP contribution in [0.15, 0.2) is 24.3 Å². The summed E-state index contributed by atoms with van der Waals surface area (Å²) in [6.07, 6.45) is 0. The number of hydrogen-bond donors (Lipinski definition) is 1. The molecule has 0 fully saturated rings. The van der Waals surface area contributed by atoms with Gasteiger partial charge in [-0.1, -0.05) is 26.0 Å². The third-order valence-corrected chi connectivity index (χ3v) is 2.16. The maximum Gasteiger partial charge on any atom is 0.180 e. The molecule has 3 nitrogen and oxygen atoms in total. The average Bonchev–Trinajstić information content (AvgIpc) is 2.27. The summed E-state index contributed by atoms with van der Waals surface area (Å²) in [6, 6.07) is 7.66. The molecule has 88 valence electrons. The molecule has 0 heterocycles. The van der Waals surface area contributed by atoms with Crippen LogP contribution in [-0.2, 0) is 0 Å².